The fourth-order valence-corrected chi connectivity index (χ4v) is 3.86. The molecule has 4 N–H and O–H groups in total. The van der Waals surface area contributed by atoms with E-state index in [9.17, 15) is 4.79 Å². The summed E-state index contributed by atoms with van der Waals surface area (Å²) in [5, 5.41) is 19.1. The topological polar surface area (TPSA) is 105 Å². The predicted molar refractivity (Wildman–Crippen MR) is 125 cm³/mol. The number of hydrogen-bond donors (Lipinski definition) is 3. The summed E-state index contributed by atoms with van der Waals surface area (Å²) < 4.78 is 0. The first kappa shape index (κ1) is 30.3. The maximum Gasteiger partial charge on any atom is 0.222 e. The van der Waals surface area contributed by atoms with Crippen LogP contribution < -0.4 is 5.73 Å². The van der Waals surface area contributed by atoms with Gasteiger partial charge in [-0.25, -0.2) is 0 Å². The van der Waals surface area contributed by atoms with Crippen LogP contribution in [0.4, 0.5) is 0 Å². The van der Waals surface area contributed by atoms with Crippen LogP contribution in [0, 0.1) is 5.92 Å². The zero-order valence-electron chi connectivity index (χ0n) is 20.2. The van der Waals surface area contributed by atoms with Gasteiger partial charge in [-0.05, 0) is 13.3 Å². The monoisotopic (exact) mass is 446 g/mol. The Morgan fingerprint density at radius 1 is 0.774 bits per heavy atom. The molecule has 0 aromatic carbocycles. The van der Waals surface area contributed by atoms with Crippen molar-refractivity contribution in [2.75, 3.05) is 26.4 Å². The Bertz CT molecular complexity index is 390. The molecule has 0 fully saturated rings. The molecule has 0 aromatic rings. The van der Waals surface area contributed by atoms with Crippen molar-refractivity contribution in [1.29, 1.82) is 0 Å². The minimum Gasteiger partial charge on any atom is -0.394 e. The van der Waals surface area contributed by atoms with E-state index in [1.807, 2.05) is 6.92 Å². The largest absolute Gasteiger partial charge is 0.394 e. The van der Waals surface area contributed by atoms with Crippen LogP contribution in [0.2, 0.25) is 0 Å². The summed E-state index contributed by atoms with van der Waals surface area (Å²) in [6.45, 7) is 3.86. The maximum atomic E-state index is 11.9. The van der Waals surface area contributed by atoms with Gasteiger partial charge in [0.05, 0.1) is 38.4 Å². The van der Waals surface area contributed by atoms with E-state index in [0.717, 1.165) is 12.8 Å². The van der Waals surface area contributed by atoms with Crippen molar-refractivity contribution in [3.05, 3.63) is 0 Å². The predicted octanol–water partition coefficient (Wildman–Crippen LogP) is 4.50. The molecule has 0 radical (unpaired) electrons. The number of hydrogen-bond acceptors (Lipinski definition) is 6. The van der Waals surface area contributed by atoms with Gasteiger partial charge in [-0.15, -0.1) is 0 Å². The van der Waals surface area contributed by atoms with Crippen molar-refractivity contribution < 1.29 is 24.7 Å². The molecule has 0 spiro atoms. The highest BCUT2D eigenvalue weighted by atomic mass is 17.0. The summed E-state index contributed by atoms with van der Waals surface area (Å²) in [7, 11) is 0. The van der Waals surface area contributed by atoms with Gasteiger partial charge in [0.15, 0.2) is 0 Å². The molecule has 2 atom stereocenters. The fraction of sp³-hybridized carbons (Fsp3) is 0.958. The Kier molecular flexibility index (Phi) is 21.9. The zero-order valence-corrected chi connectivity index (χ0v) is 20.2. The SMILES string of the molecule is CCCCCCCCCCCCCCCCC(C(N)=O)C(C)N(OCCO)OCCO. The standard InChI is InChI=1S/C24H50N2O5/c1-3-4-5-6-7-8-9-10-11-12-13-14-15-16-17-23(24(25)29)22(2)26(30-20-18-27)31-21-19-28/h22-23,27-28H,3-21H2,1-2H3,(H2,25,29). The third-order valence-corrected chi connectivity index (χ3v) is 5.77. The van der Waals surface area contributed by atoms with Gasteiger partial charge in [0, 0.05) is 0 Å². The molecule has 0 heterocycles. The number of rotatable bonds is 24. The number of aliphatic hydroxyl groups is 2. The minimum atomic E-state index is -0.408. The van der Waals surface area contributed by atoms with Gasteiger partial charge in [-0.3, -0.25) is 14.5 Å². The molecule has 0 aromatic heterocycles. The van der Waals surface area contributed by atoms with E-state index in [1.165, 1.54) is 82.3 Å². The fourth-order valence-electron chi connectivity index (χ4n) is 3.86. The number of nitrogens with two attached hydrogens (primary N) is 1. The average Bonchev–Trinajstić information content (AvgIpc) is 2.76. The number of hydroxylamine groups is 2. The number of carbonyl (C=O) groups excluding carboxylic acids is 1. The molecule has 186 valence electrons. The van der Waals surface area contributed by atoms with E-state index in [4.69, 9.17) is 25.6 Å². The summed E-state index contributed by atoms with van der Waals surface area (Å²) in [5.74, 6) is -0.790. The summed E-state index contributed by atoms with van der Waals surface area (Å²) in [4.78, 5) is 22.6. The number of unbranched alkanes of at least 4 members (excludes halogenated alkanes) is 13. The molecule has 1 amide bonds. The summed E-state index contributed by atoms with van der Waals surface area (Å²) >= 11 is 0. The molecule has 7 nitrogen and oxygen atoms in total. The Labute approximate surface area is 190 Å². The number of primary amides is 1. The molecular weight excluding hydrogens is 396 g/mol. The van der Waals surface area contributed by atoms with Gasteiger partial charge >= 0.3 is 0 Å². The molecule has 0 rings (SSSR count). The third-order valence-electron chi connectivity index (χ3n) is 5.77. The normalized spacial score (nSPS) is 13.6. The van der Waals surface area contributed by atoms with Gasteiger partial charge in [0.25, 0.3) is 0 Å². The first-order chi connectivity index (χ1) is 15.1. The van der Waals surface area contributed by atoms with E-state index in [1.54, 1.807) is 0 Å². The van der Waals surface area contributed by atoms with Crippen molar-refractivity contribution in [3.63, 3.8) is 0 Å². The smallest absolute Gasteiger partial charge is 0.222 e. The van der Waals surface area contributed by atoms with Gasteiger partial charge in [0.2, 0.25) is 5.91 Å². The van der Waals surface area contributed by atoms with Gasteiger partial charge in [-0.1, -0.05) is 102 Å². The second-order valence-corrected chi connectivity index (χ2v) is 8.53. The van der Waals surface area contributed by atoms with Crippen molar-refractivity contribution in [3.8, 4) is 0 Å². The van der Waals surface area contributed by atoms with Crippen LogP contribution in [0.1, 0.15) is 110 Å². The molecule has 0 aliphatic carbocycles. The lowest BCUT2D eigenvalue weighted by Crippen LogP contribution is -2.44. The molecular formula is C24H50N2O5. The lowest BCUT2D eigenvalue weighted by atomic mass is 9.93. The van der Waals surface area contributed by atoms with Crippen molar-refractivity contribution in [1.82, 2.24) is 5.23 Å². The van der Waals surface area contributed by atoms with Gasteiger partial charge < -0.3 is 15.9 Å². The summed E-state index contributed by atoms with van der Waals surface area (Å²) in [6.07, 6.45) is 18.8. The number of amides is 1. The highest BCUT2D eigenvalue weighted by Gasteiger charge is 2.29. The second-order valence-electron chi connectivity index (χ2n) is 8.53. The summed E-state index contributed by atoms with van der Waals surface area (Å²) in [5.41, 5.74) is 5.61. The zero-order chi connectivity index (χ0) is 23.2. The molecule has 0 aliphatic rings. The van der Waals surface area contributed by atoms with Crippen molar-refractivity contribution in [2.45, 2.75) is 116 Å². The first-order valence-corrected chi connectivity index (χ1v) is 12.6. The third kappa shape index (κ3) is 17.5. The molecule has 0 aliphatic heterocycles. The molecule has 7 heteroatoms. The number of nitrogens with zero attached hydrogens (tertiary/aromatic N) is 1. The lowest BCUT2D eigenvalue weighted by Gasteiger charge is -2.31. The Hall–Kier alpha value is -0.730. The van der Waals surface area contributed by atoms with Gasteiger partial charge in [-0.2, -0.15) is 0 Å². The number of carbonyl (C=O) groups is 1. The van der Waals surface area contributed by atoms with Gasteiger partial charge in [0.1, 0.15) is 0 Å². The highest BCUT2D eigenvalue weighted by molar-refractivity contribution is 5.77. The molecule has 2 unspecified atom stereocenters. The number of aliphatic hydroxyl groups excluding tert-OH is 2. The highest BCUT2D eigenvalue weighted by Crippen LogP contribution is 2.20. The summed E-state index contributed by atoms with van der Waals surface area (Å²) in [6, 6.07) is -0.391. The minimum absolute atomic E-state index is 0.0557. The van der Waals surface area contributed by atoms with Crippen molar-refractivity contribution >= 4 is 5.91 Å². The van der Waals surface area contributed by atoms with E-state index in [-0.39, 0.29) is 32.3 Å². The first-order valence-electron chi connectivity index (χ1n) is 12.6. The molecule has 0 saturated carbocycles. The van der Waals surface area contributed by atoms with Crippen molar-refractivity contribution in [2.24, 2.45) is 11.7 Å². The maximum absolute atomic E-state index is 11.9. The van der Waals surface area contributed by atoms with Crippen LogP contribution in [0.15, 0.2) is 0 Å². The average molecular weight is 447 g/mol. The molecule has 0 saturated heterocycles. The second kappa shape index (κ2) is 22.5. The molecule has 0 bridgehead atoms. The lowest BCUT2D eigenvalue weighted by molar-refractivity contribution is -0.393. The van der Waals surface area contributed by atoms with Crippen LogP contribution in [-0.2, 0) is 14.5 Å². The Morgan fingerprint density at radius 2 is 1.16 bits per heavy atom. The van der Waals surface area contributed by atoms with Crippen LogP contribution in [0.5, 0.6) is 0 Å². The van der Waals surface area contributed by atoms with E-state index in [2.05, 4.69) is 6.92 Å². The van der Waals surface area contributed by atoms with E-state index in [0.29, 0.717) is 6.42 Å². The van der Waals surface area contributed by atoms with Crippen LogP contribution >= 0.6 is 0 Å². The van der Waals surface area contributed by atoms with Crippen LogP contribution in [-0.4, -0.2) is 53.8 Å². The van der Waals surface area contributed by atoms with Crippen LogP contribution in [0.3, 0.4) is 0 Å². The Balaban J connectivity index is 3.90. The Morgan fingerprint density at radius 3 is 1.52 bits per heavy atom. The molecule has 31 heavy (non-hydrogen) atoms. The van der Waals surface area contributed by atoms with E-state index < -0.39 is 12.0 Å². The van der Waals surface area contributed by atoms with Crippen LogP contribution in [0.25, 0.3) is 0 Å². The van der Waals surface area contributed by atoms with E-state index >= 15 is 0 Å². The quantitative estimate of drug-likeness (QED) is 0.149.